The van der Waals surface area contributed by atoms with Crippen molar-refractivity contribution < 1.29 is 4.79 Å². The van der Waals surface area contributed by atoms with E-state index in [-0.39, 0.29) is 0 Å². The Kier molecular flexibility index (Phi) is 3.36. The maximum absolute atomic E-state index is 10.3. The number of hydrogen-bond donors (Lipinski definition) is 1. The molecule has 2 N–H and O–H groups in total. The molecule has 1 aliphatic heterocycles. The lowest BCUT2D eigenvalue weighted by atomic mass is 9.94. The first kappa shape index (κ1) is 8.53. The first-order valence-electron chi connectivity index (χ1n) is 4.26. The number of likely N-dealkylation sites (tertiary alicyclic amines) is 1. The summed E-state index contributed by atoms with van der Waals surface area (Å²) >= 11 is 0. The Morgan fingerprint density at radius 1 is 1.45 bits per heavy atom. The molecule has 1 aliphatic rings. The van der Waals surface area contributed by atoms with Gasteiger partial charge in [0.1, 0.15) is 0 Å². The number of nitrogens with two attached hydrogens (primary N) is 1. The van der Waals surface area contributed by atoms with E-state index >= 15 is 0 Å². The van der Waals surface area contributed by atoms with Gasteiger partial charge in [0, 0.05) is 13.1 Å². The summed E-state index contributed by atoms with van der Waals surface area (Å²) < 4.78 is 0. The number of amides is 1. The van der Waals surface area contributed by atoms with Gasteiger partial charge in [0.25, 0.3) is 0 Å². The smallest absolute Gasteiger partial charge is 0.209 e. The summed E-state index contributed by atoms with van der Waals surface area (Å²) in [7, 11) is 0. The first-order chi connectivity index (χ1) is 5.36. The Labute approximate surface area is 67.5 Å². The van der Waals surface area contributed by atoms with Crippen LogP contribution < -0.4 is 5.73 Å². The Bertz CT molecular complexity index is 119. The van der Waals surface area contributed by atoms with Crippen LogP contribution in [0.5, 0.6) is 0 Å². The Balaban J connectivity index is 2.18. The van der Waals surface area contributed by atoms with Crippen LogP contribution in [0.1, 0.15) is 19.3 Å². The zero-order valence-electron chi connectivity index (χ0n) is 6.83. The molecule has 1 fully saturated rings. The van der Waals surface area contributed by atoms with E-state index in [9.17, 15) is 4.79 Å². The van der Waals surface area contributed by atoms with Gasteiger partial charge >= 0.3 is 0 Å². The minimum absolute atomic E-state index is 0.760. The Morgan fingerprint density at radius 3 is 2.55 bits per heavy atom. The maximum Gasteiger partial charge on any atom is 0.209 e. The molecule has 0 aromatic carbocycles. The molecule has 1 saturated heterocycles. The van der Waals surface area contributed by atoms with Gasteiger partial charge in [0.05, 0.1) is 0 Å². The van der Waals surface area contributed by atoms with Crippen LogP contribution in [0.25, 0.3) is 0 Å². The fourth-order valence-corrected chi connectivity index (χ4v) is 1.58. The van der Waals surface area contributed by atoms with E-state index in [2.05, 4.69) is 0 Å². The summed E-state index contributed by atoms with van der Waals surface area (Å²) in [6.45, 7) is 2.63. The molecule has 0 aliphatic carbocycles. The lowest BCUT2D eigenvalue weighted by Gasteiger charge is -2.28. The second-order valence-electron chi connectivity index (χ2n) is 3.16. The topological polar surface area (TPSA) is 46.3 Å². The lowest BCUT2D eigenvalue weighted by molar-refractivity contribution is -0.119. The molecule has 0 unspecified atom stereocenters. The number of carbonyl (C=O) groups is 1. The number of hydrogen-bond acceptors (Lipinski definition) is 2. The van der Waals surface area contributed by atoms with E-state index in [0.717, 1.165) is 51.2 Å². The minimum Gasteiger partial charge on any atom is -0.345 e. The van der Waals surface area contributed by atoms with Crippen molar-refractivity contribution in [2.24, 2.45) is 11.7 Å². The largest absolute Gasteiger partial charge is 0.345 e. The van der Waals surface area contributed by atoms with Crippen LogP contribution in [0.4, 0.5) is 0 Å². The molecule has 1 heterocycles. The van der Waals surface area contributed by atoms with Crippen molar-refractivity contribution in [1.29, 1.82) is 0 Å². The van der Waals surface area contributed by atoms with Gasteiger partial charge in [-0.1, -0.05) is 0 Å². The fourth-order valence-electron chi connectivity index (χ4n) is 1.58. The van der Waals surface area contributed by atoms with Gasteiger partial charge in [-0.3, -0.25) is 4.79 Å². The molecule has 1 rings (SSSR count). The zero-order valence-corrected chi connectivity index (χ0v) is 6.83. The number of rotatable bonds is 3. The van der Waals surface area contributed by atoms with E-state index in [4.69, 9.17) is 5.73 Å². The van der Waals surface area contributed by atoms with Crippen LogP contribution in [0, 0.1) is 5.92 Å². The van der Waals surface area contributed by atoms with Gasteiger partial charge in [-0.25, -0.2) is 0 Å². The second-order valence-corrected chi connectivity index (χ2v) is 3.16. The number of carbonyl (C=O) groups excluding carboxylic acids is 1. The monoisotopic (exact) mass is 156 g/mol. The van der Waals surface area contributed by atoms with Crippen molar-refractivity contribution in [3.63, 3.8) is 0 Å². The van der Waals surface area contributed by atoms with Crippen molar-refractivity contribution in [3.05, 3.63) is 0 Å². The van der Waals surface area contributed by atoms with Crippen molar-refractivity contribution in [2.45, 2.75) is 19.3 Å². The average Bonchev–Trinajstić information content (AvgIpc) is 2.07. The van der Waals surface area contributed by atoms with Crippen LogP contribution in [-0.2, 0) is 4.79 Å². The molecule has 0 bridgehead atoms. The normalized spacial score (nSPS) is 20.3. The predicted molar refractivity (Wildman–Crippen MR) is 44.0 cm³/mol. The van der Waals surface area contributed by atoms with Crippen molar-refractivity contribution in [2.75, 3.05) is 19.6 Å². The molecular formula is C8H16N2O. The SMILES string of the molecule is NCCC1CCN(C=O)CC1. The predicted octanol–water partition coefficient (Wildman–Crippen LogP) is 0.204. The second kappa shape index (κ2) is 4.34. The van der Waals surface area contributed by atoms with Gasteiger partial charge in [-0.15, -0.1) is 0 Å². The highest BCUT2D eigenvalue weighted by Gasteiger charge is 2.16. The molecule has 64 valence electrons. The third kappa shape index (κ3) is 2.50. The molecule has 1 amide bonds. The van der Waals surface area contributed by atoms with Crippen molar-refractivity contribution in [3.8, 4) is 0 Å². The van der Waals surface area contributed by atoms with Gasteiger partial charge in [-0.05, 0) is 31.7 Å². The van der Waals surface area contributed by atoms with E-state index in [1.165, 1.54) is 0 Å². The zero-order chi connectivity index (χ0) is 8.10. The Hall–Kier alpha value is -0.570. The molecular weight excluding hydrogens is 140 g/mol. The first-order valence-corrected chi connectivity index (χ1v) is 4.26. The molecule has 3 heteroatoms. The van der Waals surface area contributed by atoms with E-state index in [1.807, 2.05) is 4.90 Å². The minimum atomic E-state index is 0.760. The highest BCUT2D eigenvalue weighted by atomic mass is 16.1. The Morgan fingerprint density at radius 2 is 2.09 bits per heavy atom. The van der Waals surface area contributed by atoms with E-state index in [0.29, 0.717) is 0 Å². The standard InChI is InChI=1S/C8H16N2O/c9-4-1-8-2-5-10(7-11)6-3-8/h7-8H,1-6,9H2. The van der Waals surface area contributed by atoms with Crippen LogP contribution in [0.15, 0.2) is 0 Å². The maximum atomic E-state index is 10.3. The summed E-state index contributed by atoms with van der Waals surface area (Å²) in [5.74, 6) is 0.760. The molecule has 0 aromatic rings. The van der Waals surface area contributed by atoms with E-state index in [1.54, 1.807) is 0 Å². The van der Waals surface area contributed by atoms with Gasteiger partial charge in [-0.2, -0.15) is 0 Å². The van der Waals surface area contributed by atoms with Gasteiger partial charge < -0.3 is 10.6 Å². The van der Waals surface area contributed by atoms with Crippen molar-refractivity contribution in [1.82, 2.24) is 4.90 Å². The molecule has 0 radical (unpaired) electrons. The lowest BCUT2D eigenvalue weighted by Crippen LogP contribution is -2.33. The van der Waals surface area contributed by atoms with Gasteiger partial charge in [0.15, 0.2) is 0 Å². The molecule has 3 nitrogen and oxygen atoms in total. The number of nitrogens with zero attached hydrogens (tertiary/aromatic N) is 1. The van der Waals surface area contributed by atoms with Gasteiger partial charge in [0.2, 0.25) is 6.41 Å². The molecule has 0 saturated carbocycles. The molecule has 0 atom stereocenters. The molecule has 0 spiro atoms. The summed E-state index contributed by atoms with van der Waals surface area (Å²) in [5.41, 5.74) is 5.44. The summed E-state index contributed by atoms with van der Waals surface area (Å²) in [4.78, 5) is 12.2. The van der Waals surface area contributed by atoms with Crippen LogP contribution >= 0.6 is 0 Å². The van der Waals surface area contributed by atoms with Crippen molar-refractivity contribution >= 4 is 6.41 Å². The summed E-state index contributed by atoms with van der Waals surface area (Å²) in [5, 5.41) is 0. The van der Waals surface area contributed by atoms with Crippen LogP contribution in [0.3, 0.4) is 0 Å². The average molecular weight is 156 g/mol. The highest BCUT2D eigenvalue weighted by Crippen LogP contribution is 2.18. The third-order valence-electron chi connectivity index (χ3n) is 2.37. The van der Waals surface area contributed by atoms with Crippen LogP contribution in [-0.4, -0.2) is 30.9 Å². The van der Waals surface area contributed by atoms with Crippen LogP contribution in [0.2, 0.25) is 0 Å². The quantitative estimate of drug-likeness (QED) is 0.593. The fraction of sp³-hybridized carbons (Fsp3) is 0.875. The third-order valence-corrected chi connectivity index (χ3v) is 2.37. The highest BCUT2D eigenvalue weighted by molar-refractivity contribution is 5.47. The summed E-state index contributed by atoms with van der Waals surface area (Å²) in [6, 6.07) is 0. The summed E-state index contributed by atoms with van der Waals surface area (Å²) in [6.07, 6.45) is 4.33. The molecule has 0 aromatic heterocycles. The van der Waals surface area contributed by atoms with E-state index < -0.39 is 0 Å². The number of piperidine rings is 1. The molecule has 11 heavy (non-hydrogen) atoms.